The van der Waals surface area contributed by atoms with Crippen molar-refractivity contribution < 1.29 is 43.6 Å². The Hall–Kier alpha value is -3.61. The van der Waals surface area contributed by atoms with Gasteiger partial charge in [0.05, 0.1) is 0 Å². The van der Waals surface area contributed by atoms with E-state index >= 15 is 17.6 Å². The normalized spacial score (nSPS) is 21.2. The van der Waals surface area contributed by atoms with Crippen molar-refractivity contribution in [1.29, 1.82) is 0 Å². The first-order valence-corrected chi connectivity index (χ1v) is 15.8. The van der Waals surface area contributed by atoms with E-state index in [1.165, 1.54) is 36.8 Å². The van der Waals surface area contributed by atoms with Gasteiger partial charge in [0.15, 0.2) is 0 Å². The van der Waals surface area contributed by atoms with Gasteiger partial charge in [-0.25, -0.2) is 0 Å². The van der Waals surface area contributed by atoms with Crippen LogP contribution in [0.2, 0.25) is 0 Å². The monoisotopic (exact) mass is 564 g/mol. The van der Waals surface area contributed by atoms with Gasteiger partial charge in [-0.2, -0.15) is 0 Å². The molecule has 2 aliphatic carbocycles. The minimum absolute atomic E-state index is 0.112. The number of ether oxygens (including phenoxy) is 2. The summed E-state index contributed by atoms with van der Waals surface area (Å²) in [6.45, 7) is 0. The van der Waals surface area contributed by atoms with Crippen LogP contribution in [-0.4, -0.2) is 0 Å². The van der Waals surface area contributed by atoms with E-state index in [-0.39, 0.29) is 18.9 Å². The average Bonchev–Trinajstić information content (AvgIpc) is 3.69. The van der Waals surface area contributed by atoms with Gasteiger partial charge < -0.3 is 0 Å². The summed E-state index contributed by atoms with van der Waals surface area (Å²) in [6.07, 6.45) is 22.9. The van der Waals surface area contributed by atoms with Gasteiger partial charge in [-0.05, 0) is 0 Å². The average molecular weight is 564 g/mol. The van der Waals surface area contributed by atoms with Crippen molar-refractivity contribution in [2.75, 3.05) is 0 Å². The summed E-state index contributed by atoms with van der Waals surface area (Å²) in [5, 5.41) is 0. The van der Waals surface area contributed by atoms with Gasteiger partial charge in [-0.1, -0.05) is 0 Å². The summed E-state index contributed by atoms with van der Waals surface area (Å²) in [5.74, 6) is -3.32. The van der Waals surface area contributed by atoms with Crippen LogP contribution in [0.5, 0.6) is 0 Å². The van der Waals surface area contributed by atoms with Crippen molar-refractivity contribution in [3.05, 3.63) is 152 Å². The molecule has 0 saturated carbocycles. The topological polar surface area (TPSA) is 18.5 Å². The minimum atomic E-state index is -4.93. The van der Waals surface area contributed by atoms with Crippen molar-refractivity contribution in [2.45, 2.75) is 25.0 Å². The second-order valence-electron chi connectivity index (χ2n) is 9.59. The first-order chi connectivity index (χ1) is 19.0. The third kappa shape index (κ3) is 4.23. The third-order valence-corrected chi connectivity index (χ3v) is 15.5. The molecule has 2 unspecified atom stereocenters. The standard InChI is InChI=1S/2C11H7F2O.2C5H5.Ti/c2*12-8-4-5-9(10(13)7-8)11-3-1-2-6-14-11;2*1-2-4-5-3-1;/h2*1-6,11H;2*1-3H,4H2;. The van der Waals surface area contributed by atoms with Crippen LogP contribution in [0.1, 0.15) is 36.2 Å². The van der Waals surface area contributed by atoms with Gasteiger partial charge in [0.2, 0.25) is 0 Å². The Labute approximate surface area is 227 Å². The maximum atomic E-state index is 16.8. The van der Waals surface area contributed by atoms with Crippen LogP contribution in [0.25, 0.3) is 0 Å². The van der Waals surface area contributed by atoms with Gasteiger partial charge in [0, 0.05) is 0 Å². The van der Waals surface area contributed by atoms with Gasteiger partial charge in [0.25, 0.3) is 0 Å². The Bertz CT molecular complexity index is 1460. The van der Waals surface area contributed by atoms with Gasteiger partial charge >= 0.3 is 228 Å². The molecule has 0 N–H and O–H groups in total. The molecule has 196 valence electrons. The summed E-state index contributed by atoms with van der Waals surface area (Å²) in [4.78, 5) is 0. The van der Waals surface area contributed by atoms with Crippen molar-refractivity contribution in [3.63, 3.8) is 0 Å². The van der Waals surface area contributed by atoms with Crippen molar-refractivity contribution in [2.24, 2.45) is 0 Å². The Morgan fingerprint density at radius 2 is 1.05 bits per heavy atom. The van der Waals surface area contributed by atoms with Crippen LogP contribution in [0.4, 0.5) is 17.6 Å². The van der Waals surface area contributed by atoms with E-state index in [0.717, 1.165) is 0 Å². The number of rotatable bonds is 6. The number of halogens is 4. The van der Waals surface area contributed by atoms with Crippen LogP contribution in [0.3, 0.4) is 0 Å². The predicted molar refractivity (Wildman–Crippen MR) is 140 cm³/mol. The van der Waals surface area contributed by atoms with E-state index in [2.05, 4.69) is 0 Å². The zero-order valence-electron chi connectivity index (χ0n) is 20.8. The fourth-order valence-electron chi connectivity index (χ4n) is 5.81. The molecule has 6 rings (SSSR count). The SMILES string of the molecule is Fc1ccc(C2C=CC=CO2)c(F)[c]1[Ti]([C]1=CC=CC1)([C]1=CC=CC1)[c]1c(F)ccc(C2C=CC=CO2)c1F. The second-order valence-corrected chi connectivity index (χ2v) is 15.5. The van der Waals surface area contributed by atoms with Crippen LogP contribution < -0.4 is 7.74 Å². The van der Waals surface area contributed by atoms with Crippen LogP contribution in [0, 0.1) is 23.3 Å². The quantitative estimate of drug-likeness (QED) is 0.271. The molecule has 0 radical (unpaired) electrons. The number of allylic oxidation sites excluding steroid dienone is 12. The molecule has 2 aromatic carbocycles. The summed E-state index contributed by atoms with van der Waals surface area (Å²) >= 11 is -4.93. The predicted octanol–water partition coefficient (Wildman–Crippen LogP) is 7.32. The molecule has 2 atom stereocenters. The Morgan fingerprint density at radius 1 is 0.590 bits per heavy atom. The van der Waals surface area contributed by atoms with Crippen LogP contribution >= 0.6 is 0 Å². The summed E-state index contributed by atoms with van der Waals surface area (Å²) in [6, 6.07) is 5.06. The van der Waals surface area contributed by atoms with E-state index in [1.807, 2.05) is 12.2 Å². The molecule has 0 amide bonds. The van der Waals surface area contributed by atoms with Gasteiger partial charge in [-0.15, -0.1) is 0 Å². The molecule has 0 fully saturated rings. The molecule has 39 heavy (non-hydrogen) atoms. The molecule has 2 nitrogen and oxygen atoms in total. The van der Waals surface area contributed by atoms with Crippen molar-refractivity contribution >= 4 is 7.74 Å². The van der Waals surface area contributed by atoms with Gasteiger partial charge in [-0.3, -0.25) is 0 Å². The molecule has 0 saturated heterocycles. The zero-order valence-corrected chi connectivity index (χ0v) is 22.4. The molecule has 2 heterocycles. The molecule has 0 aromatic heterocycles. The molecular formula is C32H24F4O2Ti. The fourth-order valence-corrected chi connectivity index (χ4v) is 14.1. The van der Waals surface area contributed by atoms with E-state index in [1.54, 1.807) is 60.8 Å². The van der Waals surface area contributed by atoms with E-state index in [0.29, 0.717) is 20.6 Å². The van der Waals surface area contributed by atoms with E-state index < -0.39 is 52.1 Å². The molecule has 0 spiro atoms. The summed E-state index contributed by atoms with van der Waals surface area (Å²) in [5.41, 5.74) is 0.224. The molecule has 2 aliphatic heterocycles. The molecular weight excluding hydrogens is 540 g/mol. The first-order valence-electron chi connectivity index (χ1n) is 12.7. The third-order valence-electron chi connectivity index (χ3n) is 7.51. The van der Waals surface area contributed by atoms with Crippen LogP contribution in [0.15, 0.2) is 117 Å². The number of benzene rings is 2. The zero-order chi connectivity index (χ0) is 27.0. The molecule has 0 bridgehead atoms. The molecule has 7 heteroatoms. The Balaban J connectivity index is 1.69. The van der Waals surface area contributed by atoms with E-state index in [4.69, 9.17) is 9.47 Å². The molecule has 2 aromatic rings. The van der Waals surface area contributed by atoms with Crippen molar-refractivity contribution in [1.82, 2.24) is 0 Å². The van der Waals surface area contributed by atoms with E-state index in [9.17, 15) is 0 Å². The van der Waals surface area contributed by atoms with Crippen LogP contribution in [-0.2, 0) is 26.1 Å². The number of hydrogen-bond donors (Lipinski definition) is 0. The summed E-state index contributed by atoms with van der Waals surface area (Å²) in [7, 11) is 0. The number of hydrogen-bond acceptors (Lipinski definition) is 2. The fraction of sp³-hybridized carbons (Fsp3) is 0.125. The Kier molecular flexibility index (Phi) is 6.92. The first kappa shape index (κ1) is 25.7. The summed E-state index contributed by atoms with van der Waals surface area (Å²) < 4.78 is 77.9. The Morgan fingerprint density at radius 3 is 1.41 bits per heavy atom. The second kappa shape index (κ2) is 10.5. The molecule has 4 aliphatic rings. The van der Waals surface area contributed by atoms with Gasteiger partial charge in [0.1, 0.15) is 0 Å². The van der Waals surface area contributed by atoms with Crippen molar-refractivity contribution in [3.8, 4) is 0 Å². The maximum absolute atomic E-state index is 16.8.